The summed E-state index contributed by atoms with van der Waals surface area (Å²) in [4.78, 5) is 11.9. The molecular formula is C16H22O3S. The van der Waals surface area contributed by atoms with E-state index in [0.717, 1.165) is 5.75 Å². The van der Waals surface area contributed by atoms with Crippen molar-refractivity contribution in [3.8, 4) is 11.8 Å². The highest BCUT2D eigenvalue weighted by molar-refractivity contribution is 7.99. The van der Waals surface area contributed by atoms with Gasteiger partial charge in [-0.25, -0.2) is 4.79 Å². The summed E-state index contributed by atoms with van der Waals surface area (Å²) in [6, 6.07) is 10.0. The Morgan fingerprint density at radius 2 is 2.00 bits per heavy atom. The lowest BCUT2D eigenvalue weighted by atomic mass is 10.2. The first-order chi connectivity index (χ1) is 9.72. The van der Waals surface area contributed by atoms with Crippen LogP contribution in [0.2, 0.25) is 0 Å². The molecule has 1 N–H and O–H groups in total. The van der Waals surface area contributed by atoms with Crippen LogP contribution in [0.15, 0.2) is 35.2 Å². The second-order valence-corrected chi connectivity index (χ2v) is 4.77. The molecule has 0 saturated heterocycles. The SMILES string of the molecule is CC.COC(=O)C#CCC(O)CCSc1ccccc1. The minimum atomic E-state index is -0.569. The van der Waals surface area contributed by atoms with Crippen LogP contribution in [0.1, 0.15) is 26.7 Å². The predicted molar refractivity (Wildman–Crippen MR) is 83.5 cm³/mol. The van der Waals surface area contributed by atoms with Gasteiger partial charge in [0.15, 0.2) is 0 Å². The fourth-order valence-corrected chi connectivity index (χ4v) is 2.20. The molecule has 0 spiro atoms. The molecule has 0 bridgehead atoms. The average Bonchev–Trinajstić information content (AvgIpc) is 2.50. The number of rotatable bonds is 5. The fraction of sp³-hybridized carbons (Fsp3) is 0.438. The number of hydrogen-bond donors (Lipinski definition) is 1. The molecule has 0 saturated carbocycles. The molecule has 1 aromatic carbocycles. The lowest BCUT2D eigenvalue weighted by molar-refractivity contribution is -0.133. The van der Waals surface area contributed by atoms with E-state index in [4.69, 9.17) is 0 Å². The molecule has 0 aliphatic heterocycles. The molecule has 0 aliphatic carbocycles. The molecule has 110 valence electrons. The Bertz CT molecular complexity index is 420. The van der Waals surface area contributed by atoms with E-state index in [9.17, 15) is 9.90 Å². The summed E-state index contributed by atoms with van der Waals surface area (Å²) in [6.07, 6.45) is 0.443. The molecule has 0 heterocycles. The van der Waals surface area contributed by atoms with E-state index in [1.807, 2.05) is 44.2 Å². The lowest BCUT2D eigenvalue weighted by Crippen LogP contribution is -2.06. The van der Waals surface area contributed by atoms with Gasteiger partial charge in [0.1, 0.15) is 0 Å². The number of methoxy groups -OCH3 is 1. The number of carbonyl (C=O) groups excluding carboxylic acids is 1. The first kappa shape index (κ1) is 18.6. The van der Waals surface area contributed by atoms with Crippen molar-refractivity contribution in [3.63, 3.8) is 0 Å². The van der Waals surface area contributed by atoms with Crippen LogP contribution in [-0.4, -0.2) is 30.0 Å². The van der Waals surface area contributed by atoms with Crippen LogP contribution in [0.4, 0.5) is 0 Å². The summed E-state index contributed by atoms with van der Waals surface area (Å²) in [5.74, 6) is 5.15. The minimum absolute atomic E-state index is 0.296. The van der Waals surface area contributed by atoms with E-state index in [1.54, 1.807) is 11.8 Å². The molecule has 0 aromatic heterocycles. The summed E-state index contributed by atoms with van der Waals surface area (Å²) in [5.41, 5.74) is 0. The molecule has 3 nitrogen and oxygen atoms in total. The normalized spacial score (nSPS) is 10.4. The standard InChI is InChI=1S/C14H16O3S.C2H6/c1-17-14(16)9-5-6-12(15)10-11-18-13-7-3-2-4-8-13;1-2/h2-4,7-8,12,15H,6,10-11H2,1H3;1-2H3. The second-order valence-electron chi connectivity index (χ2n) is 3.60. The number of esters is 1. The van der Waals surface area contributed by atoms with E-state index >= 15 is 0 Å². The zero-order chi connectivity index (χ0) is 15.2. The molecule has 0 amide bonds. The third-order valence-electron chi connectivity index (χ3n) is 2.18. The number of thioether (sulfide) groups is 1. The smallest absolute Gasteiger partial charge is 0.384 e. The third-order valence-corrected chi connectivity index (χ3v) is 3.22. The number of hydrogen-bond acceptors (Lipinski definition) is 4. The van der Waals surface area contributed by atoms with Crippen molar-refractivity contribution in [1.82, 2.24) is 0 Å². The van der Waals surface area contributed by atoms with Gasteiger partial charge < -0.3 is 9.84 Å². The van der Waals surface area contributed by atoms with Crippen LogP contribution in [0.25, 0.3) is 0 Å². The monoisotopic (exact) mass is 294 g/mol. The van der Waals surface area contributed by atoms with Crippen LogP contribution in [0.3, 0.4) is 0 Å². The quantitative estimate of drug-likeness (QED) is 0.392. The van der Waals surface area contributed by atoms with Crippen LogP contribution < -0.4 is 0 Å². The van der Waals surface area contributed by atoms with Gasteiger partial charge in [0.25, 0.3) is 0 Å². The highest BCUT2D eigenvalue weighted by atomic mass is 32.2. The van der Waals surface area contributed by atoms with E-state index in [-0.39, 0.29) is 0 Å². The molecule has 1 aromatic rings. The molecule has 0 fully saturated rings. The Hall–Kier alpha value is -1.44. The Balaban J connectivity index is 0.00000172. The highest BCUT2D eigenvalue weighted by Gasteiger charge is 2.02. The van der Waals surface area contributed by atoms with E-state index in [2.05, 4.69) is 16.6 Å². The molecule has 4 heteroatoms. The lowest BCUT2D eigenvalue weighted by Gasteiger charge is -2.06. The maximum atomic E-state index is 10.7. The number of aliphatic hydroxyl groups is 1. The van der Waals surface area contributed by atoms with E-state index in [0.29, 0.717) is 12.8 Å². The fourth-order valence-electron chi connectivity index (χ4n) is 1.22. The van der Waals surface area contributed by atoms with Crippen LogP contribution in [-0.2, 0) is 9.53 Å². The van der Waals surface area contributed by atoms with Gasteiger partial charge in [-0.1, -0.05) is 38.0 Å². The maximum absolute atomic E-state index is 10.7. The predicted octanol–water partition coefficient (Wildman–Crippen LogP) is 3.12. The van der Waals surface area contributed by atoms with Gasteiger partial charge in [0.05, 0.1) is 13.2 Å². The zero-order valence-electron chi connectivity index (χ0n) is 12.3. The van der Waals surface area contributed by atoms with Gasteiger partial charge >= 0.3 is 5.97 Å². The molecule has 1 rings (SSSR count). The molecule has 1 atom stereocenters. The summed E-state index contributed by atoms with van der Waals surface area (Å²) in [7, 11) is 1.28. The van der Waals surface area contributed by atoms with Gasteiger partial charge in [0.2, 0.25) is 0 Å². The molecule has 20 heavy (non-hydrogen) atoms. The van der Waals surface area contributed by atoms with Crippen LogP contribution >= 0.6 is 11.8 Å². The minimum Gasteiger partial charge on any atom is -0.459 e. The van der Waals surface area contributed by atoms with Crippen LogP contribution in [0, 0.1) is 11.8 Å². The molecular weight excluding hydrogens is 272 g/mol. The van der Waals surface area contributed by atoms with Gasteiger partial charge in [-0.3, -0.25) is 0 Å². The number of carbonyl (C=O) groups is 1. The largest absolute Gasteiger partial charge is 0.459 e. The van der Waals surface area contributed by atoms with Crippen molar-refractivity contribution >= 4 is 17.7 Å². The highest BCUT2D eigenvalue weighted by Crippen LogP contribution is 2.18. The summed E-state index contributed by atoms with van der Waals surface area (Å²) in [5, 5.41) is 9.64. The Morgan fingerprint density at radius 3 is 2.60 bits per heavy atom. The van der Waals surface area contributed by atoms with Gasteiger partial charge in [-0.2, -0.15) is 0 Å². The Labute approximate surface area is 125 Å². The van der Waals surface area contributed by atoms with Gasteiger partial charge in [0, 0.05) is 23.0 Å². The van der Waals surface area contributed by atoms with Crippen molar-refractivity contribution in [2.75, 3.05) is 12.9 Å². The summed E-state index contributed by atoms with van der Waals surface area (Å²) < 4.78 is 4.37. The van der Waals surface area contributed by atoms with Gasteiger partial charge in [-0.15, -0.1) is 11.8 Å². The Morgan fingerprint density at radius 1 is 1.35 bits per heavy atom. The topological polar surface area (TPSA) is 46.5 Å². The van der Waals surface area contributed by atoms with Crippen LogP contribution in [0.5, 0.6) is 0 Å². The third kappa shape index (κ3) is 9.48. The van der Waals surface area contributed by atoms with Crippen molar-refractivity contribution in [2.24, 2.45) is 0 Å². The van der Waals surface area contributed by atoms with E-state index < -0.39 is 12.1 Å². The molecule has 0 radical (unpaired) electrons. The number of ether oxygens (including phenoxy) is 1. The number of aliphatic hydroxyl groups excluding tert-OH is 1. The van der Waals surface area contributed by atoms with Gasteiger partial charge in [-0.05, 0) is 18.6 Å². The van der Waals surface area contributed by atoms with Crippen molar-refractivity contribution < 1.29 is 14.6 Å². The Kier molecular flexibility index (Phi) is 11.7. The number of benzene rings is 1. The van der Waals surface area contributed by atoms with Crippen molar-refractivity contribution in [3.05, 3.63) is 30.3 Å². The molecule has 1 unspecified atom stereocenters. The molecule has 0 aliphatic rings. The first-order valence-electron chi connectivity index (χ1n) is 6.65. The van der Waals surface area contributed by atoms with E-state index in [1.165, 1.54) is 12.0 Å². The summed E-state index contributed by atoms with van der Waals surface area (Å²) >= 11 is 1.69. The second kappa shape index (κ2) is 12.6. The summed E-state index contributed by atoms with van der Waals surface area (Å²) in [6.45, 7) is 4.00. The maximum Gasteiger partial charge on any atom is 0.384 e. The average molecular weight is 294 g/mol. The van der Waals surface area contributed by atoms with Crippen molar-refractivity contribution in [1.29, 1.82) is 0 Å². The van der Waals surface area contributed by atoms with Crippen molar-refractivity contribution in [2.45, 2.75) is 37.7 Å². The first-order valence-corrected chi connectivity index (χ1v) is 7.63. The zero-order valence-corrected chi connectivity index (χ0v) is 13.1.